The van der Waals surface area contributed by atoms with E-state index in [9.17, 15) is 18.0 Å². The van der Waals surface area contributed by atoms with Gasteiger partial charge in [0.05, 0.1) is 11.8 Å². The van der Waals surface area contributed by atoms with Gasteiger partial charge in [-0.05, 0) is 42.2 Å². The summed E-state index contributed by atoms with van der Waals surface area (Å²) in [6.45, 7) is 3.56. The standard InChI is InChI=1S/C20H24N2O5S/c1-4-14-8-6-9-15(5-2)19(14)21-18(23)13-27-20(24)16-10-7-11-17(12-16)22-28(3,25)26/h6-12,22H,4-5,13H2,1-3H3,(H,21,23). The molecule has 0 spiro atoms. The van der Waals surface area contributed by atoms with Crippen LogP contribution in [-0.4, -0.2) is 33.2 Å². The molecule has 2 aromatic rings. The van der Waals surface area contributed by atoms with Crippen molar-refractivity contribution in [3.05, 3.63) is 59.2 Å². The third-order valence-electron chi connectivity index (χ3n) is 4.00. The Labute approximate surface area is 165 Å². The second kappa shape index (κ2) is 9.36. The molecular weight excluding hydrogens is 380 g/mol. The van der Waals surface area contributed by atoms with Crippen LogP contribution in [0.15, 0.2) is 42.5 Å². The summed E-state index contributed by atoms with van der Waals surface area (Å²) in [7, 11) is -3.46. The summed E-state index contributed by atoms with van der Waals surface area (Å²) in [5.74, 6) is -1.15. The largest absolute Gasteiger partial charge is 0.452 e. The fourth-order valence-electron chi connectivity index (χ4n) is 2.72. The highest BCUT2D eigenvalue weighted by Gasteiger charge is 2.14. The second-order valence-electron chi connectivity index (χ2n) is 6.24. The van der Waals surface area contributed by atoms with E-state index in [1.165, 1.54) is 24.3 Å². The van der Waals surface area contributed by atoms with Crippen molar-refractivity contribution in [2.75, 3.05) is 22.9 Å². The first-order valence-electron chi connectivity index (χ1n) is 8.89. The first kappa shape index (κ1) is 21.4. The first-order valence-corrected chi connectivity index (χ1v) is 10.8. The van der Waals surface area contributed by atoms with Gasteiger partial charge < -0.3 is 10.1 Å². The van der Waals surface area contributed by atoms with E-state index in [-0.39, 0.29) is 11.3 Å². The molecule has 0 aliphatic carbocycles. The average molecular weight is 404 g/mol. The highest BCUT2D eigenvalue weighted by molar-refractivity contribution is 7.92. The number of esters is 1. The quantitative estimate of drug-likeness (QED) is 0.659. The molecule has 7 nitrogen and oxygen atoms in total. The van der Waals surface area contributed by atoms with Gasteiger partial charge in [0.25, 0.3) is 5.91 Å². The van der Waals surface area contributed by atoms with Crippen molar-refractivity contribution in [3.8, 4) is 0 Å². The van der Waals surface area contributed by atoms with Crippen molar-refractivity contribution in [1.82, 2.24) is 0 Å². The zero-order chi connectivity index (χ0) is 20.7. The average Bonchev–Trinajstić information content (AvgIpc) is 2.65. The van der Waals surface area contributed by atoms with E-state index in [1.54, 1.807) is 0 Å². The first-order chi connectivity index (χ1) is 13.2. The van der Waals surface area contributed by atoms with Crippen LogP contribution in [0, 0.1) is 0 Å². The van der Waals surface area contributed by atoms with Gasteiger partial charge in [-0.1, -0.05) is 38.1 Å². The fraction of sp³-hybridized carbons (Fsp3) is 0.300. The molecular formula is C20H24N2O5S. The van der Waals surface area contributed by atoms with Gasteiger partial charge in [-0.3, -0.25) is 9.52 Å². The number of hydrogen-bond acceptors (Lipinski definition) is 5. The predicted octanol–water partition coefficient (Wildman–Crippen LogP) is 2.98. The van der Waals surface area contributed by atoms with Crippen molar-refractivity contribution in [1.29, 1.82) is 0 Å². The van der Waals surface area contributed by atoms with Crippen LogP contribution >= 0.6 is 0 Å². The summed E-state index contributed by atoms with van der Waals surface area (Å²) in [6, 6.07) is 11.7. The monoisotopic (exact) mass is 404 g/mol. The lowest BCUT2D eigenvalue weighted by atomic mass is 10.0. The predicted molar refractivity (Wildman–Crippen MR) is 109 cm³/mol. The summed E-state index contributed by atoms with van der Waals surface area (Å²) in [5, 5.41) is 2.82. The molecule has 150 valence electrons. The molecule has 2 rings (SSSR count). The maximum absolute atomic E-state index is 12.3. The Kier molecular flexibility index (Phi) is 7.17. The van der Waals surface area contributed by atoms with Crippen LogP contribution in [-0.2, 0) is 32.4 Å². The van der Waals surface area contributed by atoms with Gasteiger partial charge in [0.15, 0.2) is 6.61 Å². The number of ether oxygens (including phenoxy) is 1. The van der Waals surface area contributed by atoms with E-state index in [4.69, 9.17) is 4.74 Å². The van der Waals surface area contributed by atoms with Crippen LogP contribution in [0.25, 0.3) is 0 Å². The van der Waals surface area contributed by atoms with Crippen molar-refractivity contribution in [3.63, 3.8) is 0 Å². The molecule has 0 atom stereocenters. The lowest BCUT2D eigenvalue weighted by molar-refractivity contribution is -0.119. The number of benzene rings is 2. The molecule has 0 fully saturated rings. The molecule has 0 aromatic heterocycles. The number of carbonyl (C=O) groups is 2. The second-order valence-corrected chi connectivity index (χ2v) is 7.99. The number of aryl methyl sites for hydroxylation is 2. The molecule has 0 radical (unpaired) electrons. The highest BCUT2D eigenvalue weighted by Crippen LogP contribution is 2.22. The summed E-state index contributed by atoms with van der Waals surface area (Å²) in [6.07, 6.45) is 2.55. The Bertz CT molecular complexity index is 948. The molecule has 2 N–H and O–H groups in total. The zero-order valence-corrected chi connectivity index (χ0v) is 16.9. The Morgan fingerprint density at radius 2 is 1.61 bits per heavy atom. The maximum Gasteiger partial charge on any atom is 0.338 e. The van der Waals surface area contributed by atoms with Gasteiger partial charge >= 0.3 is 5.97 Å². The Morgan fingerprint density at radius 1 is 1.00 bits per heavy atom. The molecule has 0 unspecified atom stereocenters. The van der Waals surface area contributed by atoms with Crippen LogP contribution in [0.3, 0.4) is 0 Å². The minimum Gasteiger partial charge on any atom is -0.452 e. The van der Waals surface area contributed by atoms with E-state index in [0.29, 0.717) is 0 Å². The number of anilines is 2. The zero-order valence-electron chi connectivity index (χ0n) is 16.1. The third kappa shape index (κ3) is 6.09. The number of nitrogens with one attached hydrogen (secondary N) is 2. The molecule has 8 heteroatoms. The third-order valence-corrected chi connectivity index (χ3v) is 4.61. The number of para-hydroxylation sites is 1. The van der Waals surface area contributed by atoms with E-state index >= 15 is 0 Å². The maximum atomic E-state index is 12.3. The van der Waals surface area contributed by atoms with Crippen molar-refractivity contribution in [2.24, 2.45) is 0 Å². The van der Waals surface area contributed by atoms with Crippen LogP contribution in [0.5, 0.6) is 0 Å². The number of amides is 1. The number of carbonyl (C=O) groups excluding carboxylic acids is 2. The molecule has 28 heavy (non-hydrogen) atoms. The van der Waals surface area contributed by atoms with Crippen LogP contribution < -0.4 is 10.0 Å². The molecule has 1 amide bonds. The van der Waals surface area contributed by atoms with Crippen molar-refractivity contribution < 1.29 is 22.7 Å². The molecule has 0 saturated heterocycles. The minimum atomic E-state index is -3.46. The molecule has 2 aromatic carbocycles. The van der Waals surface area contributed by atoms with Crippen molar-refractivity contribution in [2.45, 2.75) is 26.7 Å². The lowest BCUT2D eigenvalue weighted by Crippen LogP contribution is -2.22. The van der Waals surface area contributed by atoms with E-state index in [2.05, 4.69) is 10.0 Å². The molecule has 0 heterocycles. The lowest BCUT2D eigenvalue weighted by Gasteiger charge is -2.14. The molecule has 0 aliphatic rings. The van der Waals surface area contributed by atoms with Gasteiger partial charge in [-0.15, -0.1) is 0 Å². The summed E-state index contributed by atoms with van der Waals surface area (Å²) >= 11 is 0. The summed E-state index contributed by atoms with van der Waals surface area (Å²) in [4.78, 5) is 24.4. The van der Waals surface area contributed by atoms with Gasteiger partial charge in [-0.25, -0.2) is 13.2 Å². The fourth-order valence-corrected chi connectivity index (χ4v) is 3.27. The Balaban J connectivity index is 2.02. The number of sulfonamides is 1. The van der Waals surface area contributed by atoms with Crippen LogP contribution in [0.2, 0.25) is 0 Å². The Morgan fingerprint density at radius 3 is 2.18 bits per heavy atom. The minimum absolute atomic E-state index is 0.143. The smallest absolute Gasteiger partial charge is 0.338 e. The Hall–Kier alpha value is -2.87. The summed E-state index contributed by atoms with van der Waals surface area (Å²) < 4.78 is 29.9. The van der Waals surface area contributed by atoms with Crippen molar-refractivity contribution >= 4 is 33.3 Å². The van der Waals surface area contributed by atoms with E-state index in [1.807, 2.05) is 32.0 Å². The molecule has 0 saturated carbocycles. The number of rotatable bonds is 8. The topological polar surface area (TPSA) is 102 Å². The number of hydrogen-bond donors (Lipinski definition) is 2. The highest BCUT2D eigenvalue weighted by atomic mass is 32.2. The van der Waals surface area contributed by atoms with Gasteiger partial charge in [0.2, 0.25) is 10.0 Å². The normalized spacial score (nSPS) is 11.0. The van der Waals surface area contributed by atoms with E-state index < -0.39 is 28.5 Å². The van der Waals surface area contributed by atoms with Gasteiger partial charge in [0, 0.05) is 11.4 Å². The SMILES string of the molecule is CCc1cccc(CC)c1NC(=O)COC(=O)c1cccc(NS(C)(=O)=O)c1. The van der Waals surface area contributed by atoms with Crippen LogP contribution in [0.1, 0.15) is 35.3 Å². The van der Waals surface area contributed by atoms with Gasteiger partial charge in [0.1, 0.15) is 0 Å². The summed E-state index contributed by atoms with van der Waals surface area (Å²) in [5.41, 5.74) is 3.17. The molecule has 0 aliphatic heterocycles. The van der Waals surface area contributed by atoms with Crippen LogP contribution in [0.4, 0.5) is 11.4 Å². The van der Waals surface area contributed by atoms with E-state index in [0.717, 1.165) is 35.9 Å². The molecule has 0 bridgehead atoms. The van der Waals surface area contributed by atoms with Gasteiger partial charge in [-0.2, -0.15) is 0 Å².